The highest BCUT2D eigenvalue weighted by Crippen LogP contribution is 2.25. The summed E-state index contributed by atoms with van der Waals surface area (Å²) in [6.07, 6.45) is 0.976. The highest BCUT2D eigenvalue weighted by Gasteiger charge is 2.15. The van der Waals surface area contributed by atoms with Gasteiger partial charge in [-0.15, -0.1) is 0 Å². The molecular formula is C14H21Cl2N. The highest BCUT2D eigenvalue weighted by atomic mass is 35.5. The standard InChI is InChI=1S/C14H21Cl2N/c1-4-17-9-12(10(2)3)7-11-8-13(15)5-6-14(11)16/h5-6,8,10,12,17H,4,7,9H2,1-3H3. The Morgan fingerprint density at radius 3 is 2.53 bits per heavy atom. The van der Waals surface area contributed by atoms with Crippen molar-refractivity contribution in [2.45, 2.75) is 27.2 Å². The van der Waals surface area contributed by atoms with Gasteiger partial charge in [-0.05, 0) is 55.1 Å². The van der Waals surface area contributed by atoms with Gasteiger partial charge in [0.05, 0.1) is 0 Å². The second-order valence-electron chi connectivity index (χ2n) is 4.75. The number of rotatable bonds is 6. The SMILES string of the molecule is CCNCC(Cc1cc(Cl)ccc1Cl)C(C)C. The molecule has 3 heteroatoms. The van der Waals surface area contributed by atoms with E-state index in [1.54, 1.807) is 0 Å². The van der Waals surface area contributed by atoms with Gasteiger partial charge in [0.1, 0.15) is 0 Å². The lowest BCUT2D eigenvalue weighted by Gasteiger charge is -2.21. The first-order valence-corrected chi connectivity index (χ1v) is 6.94. The van der Waals surface area contributed by atoms with Crippen LogP contribution in [0.1, 0.15) is 26.3 Å². The average Bonchev–Trinajstić information content (AvgIpc) is 2.28. The van der Waals surface area contributed by atoms with Crippen molar-refractivity contribution in [1.82, 2.24) is 5.32 Å². The maximum atomic E-state index is 6.20. The second-order valence-corrected chi connectivity index (χ2v) is 5.60. The minimum absolute atomic E-state index is 0.589. The third kappa shape index (κ3) is 4.87. The van der Waals surface area contributed by atoms with E-state index in [9.17, 15) is 0 Å². The smallest absolute Gasteiger partial charge is 0.0439 e. The van der Waals surface area contributed by atoms with E-state index in [2.05, 4.69) is 26.1 Å². The molecule has 0 aromatic heterocycles. The van der Waals surface area contributed by atoms with Crippen molar-refractivity contribution >= 4 is 23.2 Å². The lowest BCUT2D eigenvalue weighted by molar-refractivity contribution is 0.364. The fraction of sp³-hybridized carbons (Fsp3) is 0.571. The van der Waals surface area contributed by atoms with Gasteiger partial charge in [0.15, 0.2) is 0 Å². The molecule has 1 nitrogen and oxygen atoms in total. The van der Waals surface area contributed by atoms with Gasteiger partial charge in [-0.1, -0.05) is 44.0 Å². The number of hydrogen-bond acceptors (Lipinski definition) is 1. The zero-order valence-electron chi connectivity index (χ0n) is 10.8. The lowest BCUT2D eigenvalue weighted by Crippen LogP contribution is -2.27. The molecule has 0 heterocycles. The van der Waals surface area contributed by atoms with Crippen LogP contribution in [0.5, 0.6) is 0 Å². The molecule has 0 saturated carbocycles. The van der Waals surface area contributed by atoms with Crippen molar-refractivity contribution in [2.75, 3.05) is 13.1 Å². The van der Waals surface area contributed by atoms with E-state index < -0.39 is 0 Å². The van der Waals surface area contributed by atoms with Gasteiger partial charge >= 0.3 is 0 Å². The Morgan fingerprint density at radius 2 is 1.94 bits per heavy atom. The summed E-state index contributed by atoms with van der Waals surface area (Å²) in [5.41, 5.74) is 1.15. The number of halogens is 2. The first-order valence-electron chi connectivity index (χ1n) is 6.19. The monoisotopic (exact) mass is 273 g/mol. The zero-order chi connectivity index (χ0) is 12.8. The minimum atomic E-state index is 0.589. The van der Waals surface area contributed by atoms with Crippen LogP contribution in [0.4, 0.5) is 0 Å². The fourth-order valence-corrected chi connectivity index (χ4v) is 2.24. The molecule has 0 amide bonds. The Hall–Kier alpha value is -0.240. The molecule has 1 rings (SSSR count). The van der Waals surface area contributed by atoms with E-state index in [1.165, 1.54) is 0 Å². The van der Waals surface area contributed by atoms with Crippen LogP contribution in [-0.4, -0.2) is 13.1 Å². The summed E-state index contributed by atoms with van der Waals surface area (Å²) in [7, 11) is 0. The van der Waals surface area contributed by atoms with Gasteiger partial charge in [0.2, 0.25) is 0 Å². The molecule has 0 aliphatic rings. The molecule has 1 N–H and O–H groups in total. The molecule has 0 bridgehead atoms. The van der Waals surface area contributed by atoms with Gasteiger partial charge < -0.3 is 5.32 Å². The molecule has 1 unspecified atom stereocenters. The quantitative estimate of drug-likeness (QED) is 0.809. The van der Waals surface area contributed by atoms with Crippen molar-refractivity contribution in [1.29, 1.82) is 0 Å². The molecular weight excluding hydrogens is 253 g/mol. The van der Waals surface area contributed by atoms with Gasteiger partial charge in [-0.2, -0.15) is 0 Å². The summed E-state index contributed by atoms with van der Waals surface area (Å²) in [6, 6.07) is 5.69. The van der Waals surface area contributed by atoms with Crippen molar-refractivity contribution in [3.05, 3.63) is 33.8 Å². The second kappa shape index (κ2) is 7.25. The summed E-state index contributed by atoms with van der Waals surface area (Å²) < 4.78 is 0. The highest BCUT2D eigenvalue weighted by molar-refractivity contribution is 6.33. The maximum Gasteiger partial charge on any atom is 0.0439 e. The van der Waals surface area contributed by atoms with Gasteiger partial charge in [0, 0.05) is 10.0 Å². The van der Waals surface area contributed by atoms with Gasteiger partial charge in [-0.25, -0.2) is 0 Å². The topological polar surface area (TPSA) is 12.0 Å². The predicted molar refractivity (Wildman–Crippen MR) is 77.0 cm³/mol. The Bertz CT molecular complexity index is 350. The molecule has 1 aromatic rings. The third-order valence-electron chi connectivity index (χ3n) is 3.09. The van der Waals surface area contributed by atoms with Crippen molar-refractivity contribution in [3.63, 3.8) is 0 Å². The van der Waals surface area contributed by atoms with Crippen LogP contribution in [0, 0.1) is 11.8 Å². The van der Waals surface area contributed by atoms with Crippen LogP contribution < -0.4 is 5.32 Å². The van der Waals surface area contributed by atoms with Crippen LogP contribution in [0.15, 0.2) is 18.2 Å². The normalized spacial score (nSPS) is 13.1. The van der Waals surface area contributed by atoms with E-state index in [1.807, 2.05) is 18.2 Å². The minimum Gasteiger partial charge on any atom is -0.317 e. The van der Waals surface area contributed by atoms with E-state index in [4.69, 9.17) is 23.2 Å². The molecule has 0 aliphatic heterocycles. The molecule has 0 spiro atoms. The van der Waals surface area contributed by atoms with Crippen molar-refractivity contribution in [3.8, 4) is 0 Å². The summed E-state index contributed by atoms with van der Waals surface area (Å²) in [5.74, 6) is 1.22. The number of hydrogen-bond donors (Lipinski definition) is 1. The summed E-state index contributed by atoms with van der Waals surface area (Å²) in [4.78, 5) is 0. The Kier molecular flexibility index (Phi) is 6.32. The van der Waals surface area contributed by atoms with Gasteiger partial charge in [-0.3, -0.25) is 0 Å². The third-order valence-corrected chi connectivity index (χ3v) is 3.69. The lowest BCUT2D eigenvalue weighted by atomic mass is 9.89. The molecule has 96 valence electrons. The largest absolute Gasteiger partial charge is 0.317 e. The van der Waals surface area contributed by atoms with Crippen LogP contribution >= 0.6 is 23.2 Å². The van der Waals surface area contributed by atoms with E-state index in [0.717, 1.165) is 35.1 Å². The maximum absolute atomic E-state index is 6.20. The molecule has 0 radical (unpaired) electrons. The molecule has 0 fully saturated rings. The average molecular weight is 274 g/mol. The molecule has 1 atom stereocenters. The van der Waals surface area contributed by atoms with Gasteiger partial charge in [0.25, 0.3) is 0 Å². The van der Waals surface area contributed by atoms with Crippen LogP contribution in [0.25, 0.3) is 0 Å². The first kappa shape index (κ1) is 14.8. The number of nitrogens with one attached hydrogen (secondary N) is 1. The first-order chi connectivity index (χ1) is 8.04. The number of benzene rings is 1. The van der Waals surface area contributed by atoms with Crippen LogP contribution in [0.3, 0.4) is 0 Å². The summed E-state index contributed by atoms with van der Waals surface area (Å²) in [6.45, 7) is 8.66. The van der Waals surface area contributed by atoms with Crippen molar-refractivity contribution < 1.29 is 0 Å². The van der Waals surface area contributed by atoms with Crippen LogP contribution in [0.2, 0.25) is 10.0 Å². The van der Waals surface area contributed by atoms with Crippen LogP contribution in [-0.2, 0) is 6.42 Å². The summed E-state index contributed by atoms with van der Waals surface area (Å²) >= 11 is 12.2. The van der Waals surface area contributed by atoms with E-state index >= 15 is 0 Å². The molecule has 0 saturated heterocycles. The van der Waals surface area contributed by atoms with E-state index in [-0.39, 0.29) is 0 Å². The Morgan fingerprint density at radius 1 is 1.24 bits per heavy atom. The predicted octanol–water partition coefficient (Wildman–Crippen LogP) is 4.42. The zero-order valence-corrected chi connectivity index (χ0v) is 12.3. The molecule has 0 aliphatic carbocycles. The van der Waals surface area contributed by atoms with Crippen molar-refractivity contribution in [2.24, 2.45) is 11.8 Å². The fourth-order valence-electron chi connectivity index (χ4n) is 1.86. The van der Waals surface area contributed by atoms with E-state index in [0.29, 0.717) is 11.8 Å². The summed E-state index contributed by atoms with van der Waals surface area (Å²) in [5, 5.41) is 4.98. The Labute approximate surface area is 115 Å². The molecule has 17 heavy (non-hydrogen) atoms. The molecule has 1 aromatic carbocycles. The Balaban J connectivity index is 2.74.